The molecule has 1 atom stereocenters. The van der Waals surface area contributed by atoms with Crippen LogP contribution >= 0.6 is 0 Å². The summed E-state index contributed by atoms with van der Waals surface area (Å²) in [6, 6.07) is 0. The Morgan fingerprint density at radius 2 is 1.85 bits per heavy atom. The van der Waals surface area contributed by atoms with Gasteiger partial charge in [0, 0.05) is 23.6 Å². The van der Waals surface area contributed by atoms with E-state index in [1.54, 1.807) is 0 Å². The van der Waals surface area contributed by atoms with Crippen molar-refractivity contribution in [2.75, 3.05) is 0 Å². The molecule has 2 heteroatoms. The van der Waals surface area contributed by atoms with Gasteiger partial charge in [0.2, 0.25) is 0 Å². The number of rotatable bonds is 9. The normalized spacial score (nSPS) is 13.7. The molecule has 1 aromatic rings. The number of unbranched alkanes of at least 4 members (excludes halogenated alkanes) is 1. The Morgan fingerprint density at radius 3 is 2.40 bits per heavy atom. The van der Waals surface area contributed by atoms with Crippen LogP contribution < -0.4 is 0 Å². The highest BCUT2D eigenvalue weighted by atomic mass is 15.1. The molecule has 116 valence electrons. The Labute approximate surface area is 126 Å². The van der Waals surface area contributed by atoms with Crippen LogP contribution in [-0.2, 0) is 12.0 Å². The summed E-state index contributed by atoms with van der Waals surface area (Å²) in [6.45, 7) is 15.0. The van der Waals surface area contributed by atoms with Gasteiger partial charge in [-0.15, -0.1) is 0 Å². The first-order valence-corrected chi connectivity index (χ1v) is 8.53. The van der Waals surface area contributed by atoms with Gasteiger partial charge in [-0.2, -0.15) is 0 Å². The van der Waals surface area contributed by atoms with Crippen LogP contribution in [0, 0.1) is 0 Å². The first-order valence-electron chi connectivity index (χ1n) is 8.53. The van der Waals surface area contributed by atoms with Crippen LogP contribution in [0.25, 0.3) is 0 Å². The summed E-state index contributed by atoms with van der Waals surface area (Å²) < 4.78 is 2.43. The van der Waals surface area contributed by atoms with Crippen molar-refractivity contribution in [1.82, 2.24) is 9.55 Å². The minimum absolute atomic E-state index is 0.232. The van der Waals surface area contributed by atoms with Gasteiger partial charge >= 0.3 is 0 Å². The maximum absolute atomic E-state index is 4.80. The number of nitrogens with zero attached hydrogens (tertiary/aromatic N) is 2. The lowest BCUT2D eigenvalue weighted by Crippen LogP contribution is -2.24. The van der Waals surface area contributed by atoms with Gasteiger partial charge in [-0.25, -0.2) is 4.98 Å². The lowest BCUT2D eigenvalue weighted by atomic mass is 9.81. The van der Waals surface area contributed by atoms with E-state index in [1.807, 2.05) is 0 Å². The molecule has 0 spiro atoms. The molecule has 0 saturated heterocycles. The van der Waals surface area contributed by atoms with Gasteiger partial charge in [0.05, 0.1) is 12.0 Å². The molecule has 1 rings (SSSR count). The largest absolute Gasteiger partial charge is 0.334 e. The topological polar surface area (TPSA) is 17.8 Å². The van der Waals surface area contributed by atoms with Crippen molar-refractivity contribution in [3.63, 3.8) is 0 Å². The fraction of sp³-hybridized carbons (Fsp3) is 0.833. The summed E-state index contributed by atoms with van der Waals surface area (Å²) in [6.07, 6.45) is 9.50. The van der Waals surface area contributed by atoms with E-state index in [0.717, 1.165) is 6.54 Å². The predicted octanol–water partition coefficient (Wildman–Crippen LogP) is 5.66. The lowest BCUT2D eigenvalue weighted by Gasteiger charge is -2.28. The second-order valence-corrected chi connectivity index (χ2v) is 6.85. The van der Waals surface area contributed by atoms with Crippen molar-refractivity contribution in [2.24, 2.45) is 0 Å². The molecule has 0 bridgehead atoms. The summed E-state index contributed by atoms with van der Waals surface area (Å²) in [5.74, 6) is 0.578. The molecule has 1 unspecified atom stereocenters. The molecular formula is C18H34N2. The molecule has 0 aromatic carbocycles. The van der Waals surface area contributed by atoms with Gasteiger partial charge in [-0.3, -0.25) is 0 Å². The third-order valence-corrected chi connectivity index (χ3v) is 4.32. The summed E-state index contributed by atoms with van der Waals surface area (Å²) in [4.78, 5) is 4.80. The molecule has 0 fully saturated rings. The number of hydrogen-bond donors (Lipinski definition) is 0. The number of hydrogen-bond acceptors (Lipinski definition) is 1. The molecule has 2 nitrogen and oxygen atoms in total. The quantitative estimate of drug-likeness (QED) is 0.569. The maximum atomic E-state index is 4.80. The Hall–Kier alpha value is -0.790. The average molecular weight is 278 g/mol. The van der Waals surface area contributed by atoms with E-state index in [-0.39, 0.29) is 5.41 Å². The van der Waals surface area contributed by atoms with Crippen LogP contribution in [0.1, 0.15) is 97.4 Å². The molecule has 0 aliphatic carbocycles. The molecule has 1 heterocycles. The third kappa shape index (κ3) is 4.10. The summed E-state index contributed by atoms with van der Waals surface area (Å²) in [5.41, 5.74) is 3.08. The standard InChI is InChI=1S/C18H34N2/c1-7-10-13-20-14-19-16(15(4)11-8-2)17(20)18(5,6)12-9-3/h14-15H,7-13H2,1-6H3. The van der Waals surface area contributed by atoms with Crippen LogP contribution in [0.5, 0.6) is 0 Å². The SMILES string of the molecule is CCCCn1cnc(C(C)CCC)c1C(C)(C)CCC. The Balaban J connectivity index is 3.14. The van der Waals surface area contributed by atoms with E-state index in [1.165, 1.54) is 49.9 Å². The fourth-order valence-corrected chi connectivity index (χ4v) is 3.31. The summed E-state index contributed by atoms with van der Waals surface area (Å²) in [7, 11) is 0. The first-order chi connectivity index (χ1) is 9.47. The Bertz CT molecular complexity index is 390. The zero-order valence-corrected chi connectivity index (χ0v) is 14.5. The molecular weight excluding hydrogens is 244 g/mol. The summed E-state index contributed by atoms with van der Waals surface area (Å²) >= 11 is 0. The second kappa shape index (κ2) is 7.85. The average Bonchev–Trinajstić information content (AvgIpc) is 2.81. The molecule has 1 aromatic heterocycles. The molecule has 0 radical (unpaired) electrons. The van der Waals surface area contributed by atoms with Crippen molar-refractivity contribution in [2.45, 2.75) is 97.9 Å². The lowest BCUT2D eigenvalue weighted by molar-refractivity contribution is 0.421. The molecule has 0 N–H and O–H groups in total. The van der Waals surface area contributed by atoms with Gasteiger partial charge in [-0.05, 0) is 19.3 Å². The highest BCUT2D eigenvalue weighted by Gasteiger charge is 2.29. The van der Waals surface area contributed by atoms with Crippen LogP contribution in [0.3, 0.4) is 0 Å². The predicted molar refractivity (Wildman–Crippen MR) is 88.4 cm³/mol. The minimum Gasteiger partial charge on any atom is -0.334 e. The van der Waals surface area contributed by atoms with Crippen molar-refractivity contribution in [1.29, 1.82) is 0 Å². The van der Waals surface area contributed by atoms with E-state index in [0.29, 0.717) is 5.92 Å². The highest BCUT2D eigenvalue weighted by Crippen LogP contribution is 2.35. The number of aryl methyl sites for hydroxylation is 1. The van der Waals surface area contributed by atoms with Crippen LogP contribution in [0.2, 0.25) is 0 Å². The number of aromatic nitrogens is 2. The van der Waals surface area contributed by atoms with E-state index in [4.69, 9.17) is 4.98 Å². The van der Waals surface area contributed by atoms with Crippen LogP contribution in [0.15, 0.2) is 6.33 Å². The van der Waals surface area contributed by atoms with Crippen LogP contribution in [-0.4, -0.2) is 9.55 Å². The molecule has 0 aliphatic heterocycles. The van der Waals surface area contributed by atoms with Gasteiger partial charge in [-0.1, -0.05) is 60.8 Å². The second-order valence-electron chi connectivity index (χ2n) is 6.85. The van der Waals surface area contributed by atoms with E-state index in [9.17, 15) is 0 Å². The molecule has 0 amide bonds. The smallest absolute Gasteiger partial charge is 0.0951 e. The Morgan fingerprint density at radius 1 is 1.15 bits per heavy atom. The van der Waals surface area contributed by atoms with Crippen molar-refractivity contribution < 1.29 is 0 Å². The van der Waals surface area contributed by atoms with Crippen LogP contribution in [0.4, 0.5) is 0 Å². The summed E-state index contributed by atoms with van der Waals surface area (Å²) in [5, 5.41) is 0. The number of imidazole rings is 1. The van der Waals surface area contributed by atoms with E-state index >= 15 is 0 Å². The fourth-order valence-electron chi connectivity index (χ4n) is 3.31. The van der Waals surface area contributed by atoms with Gasteiger partial charge in [0.25, 0.3) is 0 Å². The van der Waals surface area contributed by atoms with Gasteiger partial charge < -0.3 is 4.57 Å². The van der Waals surface area contributed by atoms with E-state index < -0.39 is 0 Å². The third-order valence-electron chi connectivity index (χ3n) is 4.32. The van der Waals surface area contributed by atoms with Gasteiger partial charge in [0.1, 0.15) is 0 Å². The Kier molecular flexibility index (Phi) is 6.78. The molecule has 0 saturated carbocycles. The van der Waals surface area contributed by atoms with Crippen molar-refractivity contribution >= 4 is 0 Å². The van der Waals surface area contributed by atoms with Crippen molar-refractivity contribution in [3.8, 4) is 0 Å². The van der Waals surface area contributed by atoms with Crippen molar-refractivity contribution in [3.05, 3.63) is 17.7 Å². The van der Waals surface area contributed by atoms with E-state index in [2.05, 4.69) is 52.4 Å². The first kappa shape index (κ1) is 17.3. The van der Waals surface area contributed by atoms with Gasteiger partial charge in [0.15, 0.2) is 0 Å². The minimum atomic E-state index is 0.232. The maximum Gasteiger partial charge on any atom is 0.0951 e. The zero-order valence-electron chi connectivity index (χ0n) is 14.5. The monoisotopic (exact) mass is 278 g/mol. The molecule has 20 heavy (non-hydrogen) atoms. The molecule has 0 aliphatic rings. The highest BCUT2D eigenvalue weighted by molar-refractivity contribution is 5.25. The zero-order chi connectivity index (χ0) is 15.2.